The molecule has 1 heterocycles. The number of ether oxygens (including phenoxy) is 1. The molecule has 0 atom stereocenters. The van der Waals surface area contributed by atoms with Gasteiger partial charge >= 0.3 is 18.4 Å². The molecule has 0 radical (unpaired) electrons. The van der Waals surface area contributed by atoms with Gasteiger partial charge in [-0.2, -0.15) is 17.6 Å². The molecule has 0 unspecified atom stereocenters. The third kappa shape index (κ3) is 4.61. The fourth-order valence-electron chi connectivity index (χ4n) is 2.31. The Balaban J connectivity index is 1.68. The second-order valence-electron chi connectivity index (χ2n) is 5.66. The number of alkyl halides is 4. The number of aromatic nitrogens is 2. The van der Waals surface area contributed by atoms with Crippen molar-refractivity contribution in [1.82, 2.24) is 4.98 Å². The highest BCUT2D eigenvalue weighted by atomic mass is 19.3. The molecular weight excluding hydrogens is 378 g/mol. The van der Waals surface area contributed by atoms with Crippen LogP contribution in [0.3, 0.4) is 0 Å². The van der Waals surface area contributed by atoms with Gasteiger partial charge in [-0.3, -0.25) is 9.78 Å². The summed E-state index contributed by atoms with van der Waals surface area (Å²) in [6.07, 6.45) is -2.28. The maximum Gasteiger partial charge on any atom is 0.461 e. The van der Waals surface area contributed by atoms with E-state index in [1.165, 1.54) is 41.3 Å². The minimum Gasteiger partial charge on any atom is -0.428 e. The number of nitrogens with one attached hydrogen (secondary N) is 1. The second kappa shape index (κ2) is 8.03. The highest BCUT2D eigenvalue weighted by Crippen LogP contribution is 2.29. The summed E-state index contributed by atoms with van der Waals surface area (Å²) < 4.78 is 55.6. The maximum absolute atomic E-state index is 12.9. The zero-order chi connectivity index (χ0) is 20.1. The summed E-state index contributed by atoms with van der Waals surface area (Å²) in [7, 11) is 0. The molecule has 28 heavy (non-hydrogen) atoms. The molecule has 2 aromatic carbocycles. The number of hydrogen-bond donors (Lipinski definition) is 1. The monoisotopic (exact) mass is 392 g/mol. The van der Waals surface area contributed by atoms with E-state index in [0.717, 1.165) is 0 Å². The van der Waals surface area contributed by atoms with Crippen molar-refractivity contribution in [3.63, 3.8) is 0 Å². The zero-order valence-electron chi connectivity index (χ0n) is 14.2. The first kappa shape index (κ1) is 19.3. The number of carbonyl (C=O) groups is 1. The Labute approximate surface area is 157 Å². The SMILES string of the molecule is O=C(N[n+]1ccncc1)c1ccc(-c2ccc(OC(F)(F)C(F)F)cc2)cc1. The molecule has 0 aliphatic carbocycles. The quantitative estimate of drug-likeness (QED) is 0.515. The first-order chi connectivity index (χ1) is 13.3. The van der Waals surface area contributed by atoms with Gasteiger partial charge in [0.05, 0.1) is 12.4 Å². The number of rotatable bonds is 6. The number of amides is 1. The molecule has 0 bridgehead atoms. The summed E-state index contributed by atoms with van der Waals surface area (Å²) in [5.74, 6) is -0.708. The number of benzene rings is 2. The van der Waals surface area contributed by atoms with Crippen LogP contribution in [0.4, 0.5) is 17.6 Å². The molecule has 144 valence electrons. The lowest BCUT2D eigenvalue weighted by Gasteiger charge is -2.16. The van der Waals surface area contributed by atoms with Crippen molar-refractivity contribution in [1.29, 1.82) is 0 Å². The number of hydrogen-bond acceptors (Lipinski definition) is 3. The minimum absolute atomic E-state index is 0.333. The van der Waals surface area contributed by atoms with Crippen LogP contribution in [0, 0.1) is 0 Å². The van der Waals surface area contributed by atoms with Crippen LogP contribution in [0.5, 0.6) is 5.75 Å². The molecule has 0 aliphatic rings. The lowest BCUT2D eigenvalue weighted by molar-refractivity contribution is -0.641. The van der Waals surface area contributed by atoms with Crippen LogP contribution >= 0.6 is 0 Å². The summed E-state index contributed by atoms with van der Waals surface area (Å²) >= 11 is 0. The second-order valence-corrected chi connectivity index (χ2v) is 5.66. The van der Waals surface area contributed by atoms with Crippen LogP contribution in [-0.2, 0) is 0 Å². The van der Waals surface area contributed by atoms with Gasteiger partial charge in [0, 0.05) is 5.56 Å². The zero-order valence-corrected chi connectivity index (χ0v) is 14.2. The molecule has 0 saturated carbocycles. The molecular formula is C19H14F4N3O2+. The minimum atomic E-state index is -4.55. The largest absolute Gasteiger partial charge is 0.461 e. The fourth-order valence-corrected chi connectivity index (χ4v) is 2.31. The smallest absolute Gasteiger partial charge is 0.428 e. The summed E-state index contributed by atoms with van der Waals surface area (Å²) in [4.78, 5) is 16.0. The fraction of sp³-hybridized carbons (Fsp3) is 0.105. The Bertz CT molecular complexity index is 934. The molecule has 1 aromatic heterocycles. The van der Waals surface area contributed by atoms with E-state index in [1.54, 1.807) is 36.7 Å². The van der Waals surface area contributed by atoms with E-state index in [0.29, 0.717) is 16.7 Å². The van der Waals surface area contributed by atoms with Crippen molar-refractivity contribution in [2.45, 2.75) is 12.5 Å². The number of carbonyl (C=O) groups excluding carboxylic acids is 1. The van der Waals surface area contributed by atoms with Gasteiger partial charge in [-0.1, -0.05) is 28.9 Å². The van der Waals surface area contributed by atoms with Crippen LogP contribution in [-0.4, -0.2) is 23.4 Å². The van der Waals surface area contributed by atoms with Crippen molar-refractivity contribution >= 4 is 5.91 Å². The third-order valence-corrected chi connectivity index (χ3v) is 3.70. The molecule has 5 nitrogen and oxygen atoms in total. The van der Waals surface area contributed by atoms with Crippen LogP contribution in [0.25, 0.3) is 11.1 Å². The Morgan fingerprint density at radius 3 is 2.04 bits per heavy atom. The molecule has 0 spiro atoms. The van der Waals surface area contributed by atoms with E-state index in [9.17, 15) is 22.4 Å². The van der Waals surface area contributed by atoms with Gasteiger partial charge in [0.1, 0.15) is 5.75 Å². The van der Waals surface area contributed by atoms with Crippen LogP contribution in [0.15, 0.2) is 73.3 Å². The molecule has 3 aromatic rings. The highest BCUT2D eigenvalue weighted by Gasteiger charge is 2.43. The van der Waals surface area contributed by atoms with E-state index in [4.69, 9.17) is 0 Å². The first-order valence-corrected chi connectivity index (χ1v) is 8.03. The molecule has 0 saturated heterocycles. The van der Waals surface area contributed by atoms with Gasteiger partial charge in [0.2, 0.25) is 12.4 Å². The maximum atomic E-state index is 12.9. The van der Waals surface area contributed by atoms with Gasteiger partial charge < -0.3 is 4.74 Å². The van der Waals surface area contributed by atoms with Crippen molar-refractivity contribution in [3.05, 3.63) is 78.9 Å². The van der Waals surface area contributed by atoms with E-state index in [-0.39, 0.29) is 11.7 Å². The molecule has 1 amide bonds. The molecule has 0 fully saturated rings. The number of nitrogens with zero attached hydrogens (tertiary/aromatic N) is 2. The van der Waals surface area contributed by atoms with Crippen molar-refractivity contribution in [3.8, 4) is 16.9 Å². The average molecular weight is 392 g/mol. The lowest BCUT2D eigenvalue weighted by Crippen LogP contribution is -2.47. The van der Waals surface area contributed by atoms with Gasteiger partial charge in [-0.05, 0) is 35.4 Å². The van der Waals surface area contributed by atoms with Crippen molar-refractivity contribution in [2.75, 3.05) is 5.43 Å². The topological polar surface area (TPSA) is 55.1 Å². The van der Waals surface area contributed by atoms with Gasteiger partial charge in [0.25, 0.3) is 0 Å². The van der Waals surface area contributed by atoms with E-state index >= 15 is 0 Å². The van der Waals surface area contributed by atoms with Gasteiger partial charge in [-0.25, -0.2) is 0 Å². The lowest BCUT2D eigenvalue weighted by atomic mass is 10.0. The highest BCUT2D eigenvalue weighted by molar-refractivity contribution is 5.99. The van der Waals surface area contributed by atoms with E-state index in [1.807, 2.05) is 0 Å². The molecule has 0 aliphatic heterocycles. The molecule has 9 heteroatoms. The summed E-state index contributed by atoms with van der Waals surface area (Å²) in [5, 5.41) is 0. The average Bonchev–Trinajstić information content (AvgIpc) is 2.69. The van der Waals surface area contributed by atoms with Crippen molar-refractivity contribution in [2.24, 2.45) is 0 Å². The Morgan fingerprint density at radius 2 is 1.50 bits per heavy atom. The summed E-state index contributed by atoms with van der Waals surface area (Å²) in [6, 6.07) is 11.8. The normalized spacial score (nSPS) is 11.3. The molecule has 1 N–H and O–H groups in total. The third-order valence-electron chi connectivity index (χ3n) is 3.70. The van der Waals surface area contributed by atoms with Crippen LogP contribution in [0.2, 0.25) is 0 Å². The van der Waals surface area contributed by atoms with Crippen LogP contribution < -0.4 is 14.8 Å². The Hall–Kier alpha value is -3.49. The van der Waals surface area contributed by atoms with Gasteiger partial charge in [-0.15, -0.1) is 5.43 Å². The summed E-state index contributed by atoms with van der Waals surface area (Å²) in [6.45, 7) is 0. The van der Waals surface area contributed by atoms with Gasteiger partial charge in [0.15, 0.2) is 0 Å². The van der Waals surface area contributed by atoms with E-state index in [2.05, 4.69) is 15.1 Å². The number of halogens is 4. The Morgan fingerprint density at radius 1 is 0.964 bits per heavy atom. The standard InChI is InChI=1S/C19H13F4N3O2/c20-18(21)19(22,23)28-16-7-5-14(6-8-16)13-1-3-15(4-2-13)17(27)25-26-11-9-24-10-12-26/h1-12,18H/p+1. The molecule has 3 rings (SSSR count). The predicted octanol–water partition coefficient (Wildman–Crippen LogP) is 3.66. The van der Waals surface area contributed by atoms with E-state index < -0.39 is 12.5 Å². The predicted molar refractivity (Wildman–Crippen MR) is 91.6 cm³/mol. The first-order valence-electron chi connectivity index (χ1n) is 8.03. The Kier molecular flexibility index (Phi) is 5.53. The summed E-state index contributed by atoms with van der Waals surface area (Å²) in [5.41, 5.74) is 4.40. The van der Waals surface area contributed by atoms with Crippen molar-refractivity contribution < 1.29 is 31.8 Å². The van der Waals surface area contributed by atoms with Crippen LogP contribution in [0.1, 0.15) is 10.4 Å².